The Morgan fingerprint density at radius 1 is 1.19 bits per heavy atom. The standard InChI is InChI=1S/C19H18N4O3/c1-2-26-19(25)16-5-3-4-6-17(16)22-12-13(11-20)18(24)23-15-9-7-14(21)8-10-15/h3-10,12,22H,2,21H2,1H3,(H,23,24)/b13-12-. The molecule has 0 heterocycles. The first-order valence-corrected chi connectivity index (χ1v) is 7.85. The predicted molar refractivity (Wildman–Crippen MR) is 99.2 cm³/mol. The highest BCUT2D eigenvalue weighted by Gasteiger charge is 2.13. The van der Waals surface area contributed by atoms with E-state index < -0.39 is 11.9 Å². The zero-order valence-corrected chi connectivity index (χ0v) is 14.2. The molecule has 0 fully saturated rings. The van der Waals surface area contributed by atoms with Crippen molar-refractivity contribution in [1.29, 1.82) is 5.26 Å². The average Bonchev–Trinajstić information content (AvgIpc) is 2.64. The number of ether oxygens (including phenoxy) is 1. The number of esters is 1. The molecule has 0 aromatic heterocycles. The van der Waals surface area contributed by atoms with Crippen molar-refractivity contribution in [2.45, 2.75) is 6.92 Å². The fraction of sp³-hybridized carbons (Fsp3) is 0.105. The number of para-hydroxylation sites is 1. The van der Waals surface area contributed by atoms with Crippen LogP contribution >= 0.6 is 0 Å². The number of nitrogen functional groups attached to an aromatic ring is 1. The highest BCUT2D eigenvalue weighted by molar-refractivity contribution is 6.07. The molecule has 0 saturated carbocycles. The molecule has 0 atom stereocenters. The number of amides is 1. The lowest BCUT2D eigenvalue weighted by molar-refractivity contribution is -0.112. The van der Waals surface area contributed by atoms with Gasteiger partial charge >= 0.3 is 5.97 Å². The lowest BCUT2D eigenvalue weighted by atomic mass is 10.1. The maximum absolute atomic E-state index is 12.2. The predicted octanol–water partition coefficient (Wildman–Crippen LogP) is 2.90. The first-order chi connectivity index (χ1) is 12.5. The van der Waals surface area contributed by atoms with Crippen LogP contribution in [0.3, 0.4) is 0 Å². The molecule has 2 rings (SSSR count). The third-order valence-electron chi connectivity index (χ3n) is 3.33. The number of carbonyl (C=O) groups is 2. The van der Waals surface area contributed by atoms with Gasteiger partial charge in [0.05, 0.1) is 17.9 Å². The minimum absolute atomic E-state index is 0.152. The quantitative estimate of drug-likeness (QED) is 0.319. The molecule has 4 N–H and O–H groups in total. The van der Waals surface area contributed by atoms with Gasteiger partial charge in [-0.3, -0.25) is 4.79 Å². The Morgan fingerprint density at radius 2 is 1.88 bits per heavy atom. The van der Waals surface area contributed by atoms with Crippen LogP contribution in [0.4, 0.5) is 17.1 Å². The number of nitriles is 1. The zero-order chi connectivity index (χ0) is 18.9. The maximum Gasteiger partial charge on any atom is 0.340 e. The van der Waals surface area contributed by atoms with E-state index in [2.05, 4.69) is 10.6 Å². The minimum atomic E-state index is -0.585. The van der Waals surface area contributed by atoms with Crippen molar-refractivity contribution < 1.29 is 14.3 Å². The summed E-state index contributed by atoms with van der Waals surface area (Å²) in [4.78, 5) is 24.2. The number of nitrogens with zero attached hydrogens (tertiary/aromatic N) is 1. The Bertz CT molecular complexity index is 867. The number of hydrogen-bond donors (Lipinski definition) is 3. The van der Waals surface area contributed by atoms with E-state index in [4.69, 9.17) is 10.5 Å². The average molecular weight is 350 g/mol. The van der Waals surface area contributed by atoms with E-state index in [0.29, 0.717) is 22.6 Å². The Morgan fingerprint density at radius 3 is 2.54 bits per heavy atom. The topological polar surface area (TPSA) is 117 Å². The number of nitrogens with one attached hydrogen (secondary N) is 2. The first kappa shape index (κ1) is 18.5. The number of rotatable bonds is 6. The van der Waals surface area contributed by atoms with Crippen LogP contribution < -0.4 is 16.4 Å². The van der Waals surface area contributed by atoms with Crippen molar-refractivity contribution in [3.8, 4) is 6.07 Å². The lowest BCUT2D eigenvalue weighted by Crippen LogP contribution is -2.15. The van der Waals surface area contributed by atoms with Gasteiger partial charge in [-0.1, -0.05) is 12.1 Å². The molecule has 0 radical (unpaired) electrons. The molecule has 2 aromatic rings. The second kappa shape index (κ2) is 8.89. The van der Waals surface area contributed by atoms with Crippen LogP contribution in [0.15, 0.2) is 60.3 Å². The van der Waals surface area contributed by atoms with Gasteiger partial charge in [-0.05, 0) is 43.3 Å². The molecule has 7 heteroatoms. The van der Waals surface area contributed by atoms with Crippen molar-refractivity contribution in [3.05, 3.63) is 65.9 Å². The highest BCUT2D eigenvalue weighted by atomic mass is 16.5. The van der Waals surface area contributed by atoms with Gasteiger partial charge in [-0.15, -0.1) is 0 Å². The molecule has 2 aromatic carbocycles. The SMILES string of the molecule is CCOC(=O)c1ccccc1N/C=C(/C#N)C(=O)Nc1ccc(N)cc1. The van der Waals surface area contributed by atoms with Crippen LogP contribution in [0.1, 0.15) is 17.3 Å². The van der Waals surface area contributed by atoms with Gasteiger partial charge in [-0.25, -0.2) is 4.79 Å². The number of benzene rings is 2. The molecule has 132 valence electrons. The first-order valence-electron chi connectivity index (χ1n) is 7.85. The summed E-state index contributed by atoms with van der Waals surface area (Å²) in [5.41, 5.74) is 7.25. The molecule has 0 aliphatic carbocycles. The Labute approximate surface area is 151 Å². The molecule has 0 unspecified atom stereocenters. The van der Waals surface area contributed by atoms with Crippen LogP contribution in [-0.4, -0.2) is 18.5 Å². The molecule has 0 aliphatic heterocycles. The second-order valence-electron chi connectivity index (χ2n) is 5.16. The van der Waals surface area contributed by atoms with E-state index >= 15 is 0 Å². The molecule has 0 aliphatic rings. The molecular formula is C19H18N4O3. The monoisotopic (exact) mass is 350 g/mol. The van der Waals surface area contributed by atoms with Gasteiger partial charge in [0.1, 0.15) is 11.6 Å². The highest BCUT2D eigenvalue weighted by Crippen LogP contribution is 2.17. The minimum Gasteiger partial charge on any atom is -0.462 e. The summed E-state index contributed by atoms with van der Waals surface area (Å²) >= 11 is 0. The van der Waals surface area contributed by atoms with E-state index in [1.807, 2.05) is 6.07 Å². The van der Waals surface area contributed by atoms with Crippen LogP contribution in [0.25, 0.3) is 0 Å². The third-order valence-corrected chi connectivity index (χ3v) is 3.33. The van der Waals surface area contributed by atoms with E-state index in [9.17, 15) is 14.9 Å². The summed E-state index contributed by atoms with van der Waals surface area (Å²) in [6, 6.07) is 15.0. The van der Waals surface area contributed by atoms with Crippen LogP contribution in [0, 0.1) is 11.3 Å². The largest absolute Gasteiger partial charge is 0.462 e. The van der Waals surface area contributed by atoms with Crippen LogP contribution in [0.5, 0.6) is 0 Å². The van der Waals surface area contributed by atoms with Gasteiger partial charge in [-0.2, -0.15) is 5.26 Å². The third kappa shape index (κ3) is 4.85. The Balaban J connectivity index is 2.14. The molecular weight excluding hydrogens is 332 g/mol. The number of nitrogens with two attached hydrogens (primary N) is 1. The van der Waals surface area contributed by atoms with Crippen molar-refractivity contribution in [2.24, 2.45) is 0 Å². The number of hydrogen-bond acceptors (Lipinski definition) is 6. The number of carbonyl (C=O) groups excluding carboxylic acids is 2. The van der Waals surface area contributed by atoms with E-state index in [-0.39, 0.29) is 12.2 Å². The molecule has 26 heavy (non-hydrogen) atoms. The summed E-state index contributed by atoms with van der Waals surface area (Å²) in [6.45, 7) is 1.96. The maximum atomic E-state index is 12.2. The van der Waals surface area contributed by atoms with Crippen LogP contribution in [-0.2, 0) is 9.53 Å². The van der Waals surface area contributed by atoms with E-state index in [1.165, 1.54) is 6.20 Å². The van der Waals surface area contributed by atoms with Crippen molar-refractivity contribution in [1.82, 2.24) is 0 Å². The Kier molecular flexibility index (Phi) is 6.34. The smallest absolute Gasteiger partial charge is 0.340 e. The van der Waals surface area contributed by atoms with Gasteiger partial charge in [0.25, 0.3) is 5.91 Å². The fourth-order valence-corrected chi connectivity index (χ4v) is 2.06. The zero-order valence-electron chi connectivity index (χ0n) is 14.2. The van der Waals surface area contributed by atoms with Crippen molar-refractivity contribution >= 4 is 28.9 Å². The normalized spacial score (nSPS) is 10.5. The Hall–Kier alpha value is -3.79. The summed E-state index contributed by atoms with van der Waals surface area (Å²) in [5, 5.41) is 14.6. The molecule has 0 bridgehead atoms. The van der Waals surface area contributed by atoms with Crippen molar-refractivity contribution in [2.75, 3.05) is 23.0 Å². The summed E-state index contributed by atoms with van der Waals surface area (Å²) in [5.74, 6) is -1.08. The van der Waals surface area contributed by atoms with Gasteiger partial charge in [0, 0.05) is 17.6 Å². The second-order valence-corrected chi connectivity index (χ2v) is 5.16. The summed E-state index contributed by atoms with van der Waals surface area (Å²) in [6.07, 6.45) is 1.24. The summed E-state index contributed by atoms with van der Waals surface area (Å²) < 4.78 is 4.98. The van der Waals surface area contributed by atoms with Gasteiger partial charge in [0.15, 0.2) is 0 Å². The number of anilines is 3. The molecule has 1 amide bonds. The van der Waals surface area contributed by atoms with Gasteiger partial charge < -0.3 is 21.1 Å². The van der Waals surface area contributed by atoms with E-state index in [0.717, 1.165) is 0 Å². The van der Waals surface area contributed by atoms with Gasteiger partial charge in [0.2, 0.25) is 0 Å². The lowest BCUT2D eigenvalue weighted by Gasteiger charge is -2.09. The summed E-state index contributed by atoms with van der Waals surface area (Å²) in [7, 11) is 0. The molecule has 0 saturated heterocycles. The fourth-order valence-electron chi connectivity index (χ4n) is 2.06. The van der Waals surface area contributed by atoms with Crippen molar-refractivity contribution in [3.63, 3.8) is 0 Å². The molecule has 7 nitrogen and oxygen atoms in total. The van der Waals surface area contributed by atoms with E-state index in [1.54, 1.807) is 55.5 Å². The molecule has 0 spiro atoms. The van der Waals surface area contributed by atoms with Crippen LogP contribution in [0.2, 0.25) is 0 Å².